The Morgan fingerprint density at radius 3 is 2.50 bits per heavy atom. The predicted molar refractivity (Wildman–Crippen MR) is 86.4 cm³/mol. The van der Waals surface area contributed by atoms with Crippen LogP contribution in [0.5, 0.6) is 5.75 Å². The third-order valence-electron chi connectivity index (χ3n) is 4.36. The number of carbonyl (C=O) groups excluding carboxylic acids is 2. The number of alkyl halides is 3. The first-order chi connectivity index (χ1) is 12.1. The lowest BCUT2D eigenvalue weighted by Crippen LogP contribution is -2.51. The zero-order chi connectivity index (χ0) is 19.5. The van der Waals surface area contributed by atoms with Crippen molar-refractivity contribution in [2.75, 3.05) is 27.2 Å². The van der Waals surface area contributed by atoms with Gasteiger partial charge in [0.25, 0.3) is 0 Å². The lowest BCUT2D eigenvalue weighted by Gasteiger charge is -2.29. The largest absolute Gasteiger partial charge is 0.497 e. The van der Waals surface area contributed by atoms with Crippen LogP contribution in [0.25, 0.3) is 0 Å². The molecule has 6 nitrogen and oxygen atoms in total. The van der Waals surface area contributed by atoms with Crippen LogP contribution in [0.1, 0.15) is 24.5 Å². The molecule has 2 amide bonds. The molecule has 2 rings (SSSR count). The zero-order valence-electron chi connectivity index (χ0n) is 14.5. The third-order valence-corrected chi connectivity index (χ3v) is 4.36. The molecule has 1 fully saturated rings. The minimum absolute atomic E-state index is 0.101. The second-order valence-corrected chi connectivity index (χ2v) is 6.16. The molecule has 1 aromatic carbocycles. The summed E-state index contributed by atoms with van der Waals surface area (Å²) in [6.07, 6.45) is -5.52. The Kier molecular flexibility index (Phi) is 6.12. The molecule has 0 saturated carbocycles. The van der Waals surface area contributed by atoms with E-state index in [1.165, 1.54) is 14.2 Å². The number of rotatable bonds is 5. The Hall–Kier alpha value is -2.29. The first kappa shape index (κ1) is 20.0. The van der Waals surface area contributed by atoms with Crippen molar-refractivity contribution in [1.29, 1.82) is 0 Å². The van der Waals surface area contributed by atoms with Crippen molar-refractivity contribution in [3.63, 3.8) is 0 Å². The van der Waals surface area contributed by atoms with Crippen LogP contribution >= 0.6 is 0 Å². The second kappa shape index (κ2) is 7.94. The maximum Gasteiger partial charge on any atom is 0.471 e. The highest BCUT2D eigenvalue weighted by Crippen LogP contribution is 2.27. The van der Waals surface area contributed by atoms with E-state index in [1.807, 2.05) is 0 Å². The van der Waals surface area contributed by atoms with Gasteiger partial charge >= 0.3 is 12.1 Å². The Morgan fingerprint density at radius 2 is 1.96 bits per heavy atom. The molecule has 0 aliphatic carbocycles. The van der Waals surface area contributed by atoms with E-state index in [-0.39, 0.29) is 19.5 Å². The molecule has 2 unspecified atom stereocenters. The van der Waals surface area contributed by atoms with Crippen LogP contribution in [0, 0.1) is 0 Å². The molecule has 1 N–H and O–H groups in total. The summed E-state index contributed by atoms with van der Waals surface area (Å²) < 4.78 is 43.0. The van der Waals surface area contributed by atoms with E-state index < -0.39 is 30.1 Å². The lowest BCUT2D eigenvalue weighted by molar-refractivity contribution is -0.187. The number of hydrogen-bond donors (Lipinski definition) is 1. The van der Waals surface area contributed by atoms with Crippen molar-refractivity contribution in [1.82, 2.24) is 9.80 Å². The summed E-state index contributed by atoms with van der Waals surface area (Å²) in [4.78, 5) is 25.7. The molecule has 0 aromatic heterocycles. The molecule has 2 atom stereocenters. The van der Waals surface area contributed by atoms with E-state index in [0.29, 0.717) is 22.6 Å². The first-order valence-corrected chi connectivity index (χ1v) is 8.10. The summed E-state index contributed by atoms with van der Waals surface area (Å²) in [5.41, 5.74) is 0.542. The number of ether oxygens (including phenoxy) is 1. The minimum Gasteiger partial charge on any atom is -0.497 e. The second-order valence-electron chi connectivity index (χ2n) is 6.16. The molecular weight excluding hydrogens is 353 g/mol. The van der Waals surface area contributed by atoms with E-state index in [2.05, 4.69) is 0 Å². The van der Waals surface area contributed by atoms with Crippen molar-refractivity contribution in [2.24, 2.45) is 0 Å². The van der Waals surface area contributed by atoms with E-state index in [9.17, 15) is 27.9 Å². The molecule has 144 valence electrons. The highest BCUT2D eigenvalue weighted by Gasteiger charge is 2.48. The van der Waals surface area contributed by atoms with Crippen LogP contribution < -0.4 is 4.74 Å². The number of benzene rings is 1. The number of amides is 2. The molecule has 9 heteroatoms. The fourth-order valence-electron chi connectivity index (χ4n) is 2.96. The van der Waals surface area contributed by atoms with Gasteiger partial charge in [0.1, 0.15) is 11.8 Å². The van der Waals surface area contributed by atoms with Gasteiger partial charge in [-0.2, -0.15) is 13.2 Å². The number of likely N-dealkylation sites (tertiary alicyclic amines) is 1. The number of likely N-dealkylation sites (N-methyl/N-ethyl adjacent to an activating group) is 1. The molecule has 1 heterocycles. The Labute approximate surface area is 149 Å². The minimum atomic E-state index is -5.01. The van der Waals surface area contributed by atoms with Gasteiger partial charge in [-0.3, -0.25) is 9.59 Å². The van der Waals surface area contributed by atoms with Gasteiger partial charge in [-0.1, -0.05) is 12.1 Å². The number of aliphatic hydroxyl groups excluding tert-OH is 1. The Morgan fingerprint density at radius 1 is 1.35 bits per heavy atom. The predicted octanol–water partition coefficient (Wildman–Crippen LogP) is 1.74. The topological polar surface area (TPSA) is 70.1 Å². The summed E-state index contributed by atoms with van der Waals surface area (Å²) >= 11 is 0. The number of methoxy groups -OCH3 is 1. The molecule has 0 spiro atoms. The van der Waals surface area contributed by atoms with Crippen LogP contribution in [0.4, 0.5) is 13.2 Å². The number of nitrogens with zero attached hydrogens (tertiary/aromatic N) is 2. The molecule has 26 heavy (non-hydrogen) atoms. The fraction of sp³-hybridized carbons (Fsp3) is 0.529. The van der Waals surface area contributed by atoms with Crippen molar-refractivity contribution < 1.29 is 32.6 Å². The van der Waals surface area contributed by atoms with Crippen LogP contribution in [0.3, 0.4) is 0 Å². The molecule has 1 aliphatic heterocycles. The van der Waals surface area contributed by atoms with Crippen molar-refractivity contribution >= 4 is 11.8 Å². The average molecular weight is 374 g/mol. The van der Waals surface area contributed by atoms with Gasteiger partial charge in [-0.05, 0) is 30.5 Å². The quantitative estimate of drug-likeness (QED) is 0.852. The molecular formula is C17H21F3N2O4. The zero-order valence-corrected chi connectivity index (χ0v) is 14.5. The van der Waals surface area contributed by atoms with Crippen LogP contribution in [0.15, 0.2) is 24.3 Å². The van der Waals surface area contributed by atoms with Gasteiger partial charge in [0.2, 0.25) is 5.91 Å². The van der Waals surface area contributed by atoms with Gasteiger partial charge in [0, 0.05) is 13.6 Å². The first-order valence-electron chi connectivity index (χ1n) is 8.10. The molecule has 0 radical (unpaired) electrons. The number of halogens is 3. The smallest absolute Gasteiger partial charge is 0.471 e. The number of carbonyl (C=O) groups is 2. The maximum absolute atomic E-state index is 12.7. The third kappa shape index (κ3) is 4.46. The number of hydrogen-bond acceptors (Lipinski definition) is 4. The number of aliphatic hydroxyl groups is 1. The van der Waals surface area contributed by atoms with E-state index in [4.69, 9.17) is 4.74 Å². The van der Waals surface area contributed by atoms with Gasteiger partial charge < -0.3 is 19.6 Å². The highest BCUT2D eigenvalue weighted by molar-refractivity contribution is 5.90. The fourth-order valence-corrected chi connectivity index (χ4v) is 2.96. The monoisotopic (exact) mass is 374 g/mol. The van der Waals surface area contributed by atoms with E-state index in [1.54, 1.807) is 24.3 Å². The van der Waals surface area contributed by atoms with Crippen LogP contribution in [0.2, 0.25) is 0 Å². The van der Waals surface area contributed by atoms with Gasteiger partial charge in [-0.15, -0.1) is 0 Å². The van der Waals surface area contributed by atoms with Crippen LogP contribution in [-0.4, -0.2) is 66.2 Å². The van der Waals surface area contributed by atoms with Crippen molar-refractivity contribution in [3.8, 4) is 5.75 Å². The lowest BCUT2D eigenvalue weighted by atomic mass is 10.1. The van der Waals surface area contributed by atoms with Gasteiger partial charge in [0.15, 0.2) is 0 Å². The Balaban J connectivity index is 2.02. The van der Waals surface area contributed by atoms with E-state index in [0.717, 1.165) is 4.90 Å². The molecule has 1 saturated heterocycles. The van der Waals surface area contributed by atoms with Crippen molar-refractivity contribution in [2.45, 2.75) is 31.2 Å². The molecule has 1 aliphatic rings. The van der Waals surface area contributed by atoms with Gasteiger partial charge in [0.05, 0.1) is 19.8 Å². The summed E-state index contributed by atoms with van der Waals surface area (Å²) in [7, 11) is 2.90. The normalized spacial score (nSPS) is 18.5. The standard InChI is InChI=1S/C17H21F3N2O4/c1-21(10-14(23)11-5-7-12(26-2)8-6-11)15(24)13-4-3-9-22(13)16(25)17(18,19)20/h5-8,13-14,23H,3-4,9-10H2,1-2H3. The van der Waals surface area contributed by atoms with Crippen molar-refractivity contribution in [3.05, 3.63) is 29.8 Å². The molecule has 1 aromatic rings. The maximum atomic E-state index is 12.7. The summed E-state index contributed by atoms with van der Waals surface area (Å²) in [5, 5.41) is 10.3. The highest BCUT2D eigenvalue weighted by atomic mass is 19.4. The van der Waals surface area contributed by atoms with Gasteiger partial charge in [-0.25, -0.2) is 0 Å². The summed E-state index contributed by atoms with van der Waals surface area (Å²) in [5.74, 6) is -2.01. The van der Waals surface area contributed by atoms with Crippen LogP contribution in [-0.2, 0) is 9.59 Å². The molecule has 0 bridgehead atoms. The summed E-state index contributed by atoms with van der Waals surface area (Å²) in [6.45, 7) is -0.209. The summed E-state index contributed by atoms with van der Waals surface area (Å²) in [6, 6.07) is 5.42. The Bertz CT molecular complexity index is 648. The average Bonchev–Trinajstić information content (AvgIpc) is 3.08. The SMILES string of the molecule is COc1ccc(C(O)CN(C)C(=O)C2CCCN2C(=O)C(F)(F)F)cc1. The van der Waals surface area contributed by atoms with E-state index >= 15 is 0 Å².